The third-order valence-corrected chi connectivity index (χ3v) is 1.99. The minimum atomic E-state index is -1.10. The number of urea groups is 1. The lowest BCUT2D eigenvalue weighted by atomic mass is 10.2. The number of aliphatic carboxylic acids is 1. The van der Waals surface area contributed by atoms with Gasteiger partial charge in [-0.3, -0.25) is 0 Å². The minimum Gasteiger partial charge on any atom is -0.480 e. The molecule has 1 aromatic rings. The van der Waals surface area contributed by atoms with Gasteiger partial charge in [0.25, 0.3) is 0 Å². The van der Waals surface area contributed by atoms with Crippen molar-refractivity contribution < 1.29 is 14.7 Å². The molecule has 0 fully saturated rings. The van der Waals surface area contributed by atoms with E-state index in [1.807, 2.05) is 0 Å². The zero-order valence-corrected chi connectivity index (χ0v) is 9.14. The molecule has 0 radical (unpaired) electrons. The van der Waals surface area contributed by atoms with Crippen molar-refractivity contribution >= 4 is 12.0 Å². The molecule has 1 heterocycles. The normalized spacial score (nSPS) is 11.5. The Kier molecular flexibility index (Phi) is 4.74. The number of hydrogen-bond acceptors (Lipinski definition) is 3. The lowest BCUT2D eigenvalue weighted by molar-refractivity contribution is -0.139. The average Bonchev–Trinajstić information content (AvgIpc) is 2.78. The molecule has 0 spiro atoms. The predicted molar refractivity (Wildman–Crippen MR) is 60.4 cm³/mol. The van der Waals surface area contributed by atoms with Crippen LogP contribution in [0, 0.1) is 0 Å². The Balaban J connectivity index is 2.51. The molecule has 0 aliphatic carbocycles. The van der Waals surface area contributed by atoms with Crippen molar-refractivity contribution in [2.24, 2.45) is 0 Å². The molecular formula is C10H14N4O3. The third-order valence-electron chi connectivity index (χ3n) is 1.99. The van der Waals surface area contributed by atoms with Gasteiger partial charge in [0.15, 0.2) is 0 Å². The standard InChI is InChI=1S/C10H14N4O3/c1-2-3-12-10(17)14-8(9(15)16)4-7-5-11-6-13-7/h2,5-6,8H,1,3-4H2,(H,11,13)(H,15,16)(H2,12,14,17). The first-order valence-electron chi connectivity index (χ1n) is 4.98. The van der Waals surface area contributed by atoms with Crippen molar-refractivity contribution in [1.82, 2.24) is 20.6 Å². The lowest BCUT2D eigenvalue weighted by Gasteiger charge is -2.13. The third kappa shape index (κ3) is 4.37. The number of nitrogens with one attached hydrogen (secondary N) is 3. The molecule has 0 saturated carbocycles. The summed E-state index contributed by atoms with van der Waals surface area (Å²) in [5.41, 5.74) is 0.640. The van der Waals surface area contributed by atoms with Crippen molar-refractivity contribution in [3.05, 3.63) is 30.9 Å². The largest absolute Gasteiger partial charge is 0.480 e. The predicted octanol–water partition coefficient (Wildman–Crippen LogP) is -0.109. The molecule has 0 aliphatic rings. The topological polar surface area (TPSA) is 107 Å². The van der Waals surface area contributed by atoms with Crippen LogP contribution in [0.4, 0.5) is 4.79 Å². The Bertz CT molecular complexity index is 388. The van der Waals surface area contributed by atoms with Gasteiger partial charge in [0.05, 0.1) is 6.33 Å². The second kappa shape index (κ2) is 6.31. The van der Waals surface area contributed by atoms with Gasteiger partial charge in [0.1, 0.15) is 6.04 Å². The smallest absolute Gasteiger partial charge is 0.326 e. The van der Waals surface area contributed by atoms with Crippen LogP contribution in [-0.2, 0) is 11.2 Å². The van der Waals surface area contributed by atoms with Crippen molar-refractivity contribution in [2.45, 2.75) is 12.5 Å². The quantitative estimate of drug-likeness (QED) is 0.519. The Hall–Kier alpha value is -2.31. The van der Waals surface area contributed by atoms with Gasteiger partial charge in [-0.15, -0.1) is 6.58 Å². The molecule has 1 rings (SSSR count). The number of rotatable bonds is 6. The molecule has 1 unspecified atom stereocenters. The Labute approximate surface area is 97.9 Å². The van der Waals surface area contributed by atoms with Crippen LogP contribution >= 0.6 is 0 Å². The monoisotopic (exact) mass is 238 g/mol. The molecule has 92 valence electrons. The van der Waals surface area contributed by atoms with E-state index in [1.54, 1.807) is 0 Å². The van der Waals surface area contributed by atoms with Crippen molar-refractivity contribution in [1.29, 1.82) is 0 Å². The lowest BCUT2D eigenvalue weighted by Crippen LogP contribution is -2.47. The number of carboxylic acid groups (broad SMARTS) is 1. The van der Waals surface area contributed by atoms with Gasteiger partial charge in [0, 0.05) is 24.9 Å². The van der Waals surface area contributed by atoms with Crippen LogP contribution in [0.5, 0.6) is 0 Å². The first-order valence-corrected chi connectivity index (χ1v) is 4.98. The first kappa shape index (κ1) is 12.8. The maximum Gasteiger partial charge on any atom is 0.326 e. The van der Waals surface area contributed by atoms with Gasteiger partial charge in [-0.2, -0.15) is 0 Å². The number of carbonyl (C=O) groups excluding carboxylic acids is 1. The summed E-state index contributed by atoms with van der Waals surface area (Å²) in [5, 5.41) is 13.7. The second-order valence-electron chi connectivity index (χ2n) is 3.31. The molecule has 7 nitrogen and oxygen atoms in total. The summed E-state index contributed by atoms with van der Waals surface area (Å²) < 4.78 is 0. The number of imidazole rings is 1. The summed E-state index contributed by atoms with van der Waals surface area (Å²) in [4.78, 5) is 28.8. The molecule has 7 heteroatoms. The Morgan fingerprint density at radius 1 is 1.65 bits per heavy atom. The SMILES string of the molecule is C=CCNC(=O)NC(Cc1cnc[nH]1)C(=O)O. The van der Waals surface area contributed by atoms with E-state index in [0.29, 0.717) is 5.69 Å². The first-order chi connectivity index (χ1) is 8.13. The molecule has 1 atom stereocenters. The van der Waals surface area contributed by atoms with Crippen LogP contribution in [0.3, 0.4) is 0 Å². The van der Waals surface area contributed by atoms with Gasteiger partial charge in [-0.1, -0.05) is 6.08 Å². The molecule has 0 bridgehead atoms. The summed E-state index contributed by atoms with van der Waals surface area (Å²) in [7, 11) is 0. The maximum atomic E-state index is 11.3. The fourth-order valence-electron chi connectivity index (χ4n) is 1.19. The summed E-state index contributed by atoms with van der Waals surface area (Å²) in [6.07, 6.45) is 4.62. The molecule has 2 amide bonds. The van der Waals surface area contributed by atoms with Crippen molar-refractivity contribution in [3.63, 3.8) is 0 Å². The van der Waals surface area contributed by atoms with E-state index in [2.05, 4.69) is 27.2 Å². The fraction of sp³-hybridized carbons (Fsp3) is 0.300. The number of amides is 2. The zero-order valence-electron chi connectivity index (χ0n) is 9.14. The van der Waals surface area contributed by atoms with Gasteiger partial charge in [0.2, 0.25) is 0 Å². The van der Waals surface area contributed by atoms with Crippen LogP contribution in [-0.4, -0.2) is 39.7 Å². The molecule has 0 saturated heterocycles. The zero-order chi connectivity index (χ0) is 12.7. The molecule has 0 aromatic carbocycles. The minimum absolute atomic E-state index is 0.150. The van der Waals surface area contributed by atoms with Gasteiger partial charge in [-0.05, 0) is 0 Å². The summed E-state index contributed by atoms with van der Waals surface area (Å²) in [6.45, 7) is 3.72. The summed E-state index contributed by atoms with van der Waals surface area (Å²) in [6, 6.07) is -1.54. The molecular weight excluding hydrogens is 224 g/mol. The van der Waals surface area contributed by atoms with Crippen LogP contribution in [0.15, 0.2) is 25.2 Å². The van der Waals surface area contributed by atoms with Crippen molar-refractivity contribution in [3.8, 4) is 0 Å². The number of aromatic amines is 1. The highest BCUT2D eigenvalue weighted by molar-refractivity contribution is 5.82. The van der Waals surface area contributed by atoms with Crippen LogP contribution < -0.4 is 10.6 Å². The van der Waals surface area contributed by atoms with Crippen LogP contribution in [0.2, 0.25) is 0 Å². The second-order valence-corrected chi connectivity index (χ2v) is 3.31. The number of carbonyl (C=O) groups is 2. The number of hydrogen-bond donors (Lipinski definition) is 4. The maximum absolute atomic E-state index is 11.3. The number of carboxylic acids is 1. The van der Waals surface area contributed by atoms with E-state index in [1.165, 1.54) is 18.6 Å². The molecule has 0 aliphatic heterocycles. The van der Waals surface area contributed by atoms with Crippen LogP contribution in [0.25, 0.3) is 0 Å². The summed E-state index contributed by atoms with van der Waals surface area (Å²) in [5.74, 6) is -1.10. The van der Waals surface area contributed by atoms with E-state index >= 15 is 0 Å². The van der Waals surface area contributed by atoms with E-state index in [0.717, 1.165) is 0 Å². The number of aromatic nitrogens is 2. The summed E-state index contributed by atoms with van der Waals surface area (Å²) >= 11 is 0. The molecule has 4 N–H and O–H groups in total. The number of nitrogens with zero attached hydrogens (tertiary/aromatic N) is 1. The Morgan fingerprint density at radius 2 is 2.41 bits per heavy atom. The van der Waals surface area contributed by atoms with E-state index in [4.69, 9.17) is 5.11 Å². The van der Waals surface area contributed by atoms with Gasteiger partial charge >= 0.3 is 12.0 Å². The highest BCUT2D eigenvalue weighted by Crippen LogP contribution is 1.98. The van der Waals surface area contributed by atoms with Gasteiger partial charge < -0.3 is 20.7 Å². The van der Waals surface area contributed by atoms with E-state index in [9.17, 15) is 9.59 Å². The van der Waals surface area contributed by atoms with E-state index in [-0.39, 0.29) is 13.0 Å². The van der Waals surface area contributed by atoms with Gasteiger partial charge in [-0.25, -0.2) is 14.6 Å². The number of H-pyrrole nitrogens is 1. The highest BCUT2D eigenvalue weighted by atomic mass is 16.4. The fourth-order valence-corrected chi connectivity index (χ4v) is 1.19. The van der Waals surface area contributed by atoms with E-state index < -0.39 is 18.0 Å². The highest BCUT2D eigenvalue weighted by Gasteiger charge is 2.20. The van der Waals surface area contributed by atoms with Crippen LogP contribution in [0.1, 0.15) is 5.69 Å². The molecule has 17 heavy (non-hydrogen) atoms. The van der Waals surface area contributed by atoms with Crippen molar-refractivity contribution in [2.75, 3.05) is 6.54 Å². The Morgan fingerprint density at radius 3 is 2.94 bits per heavy atom. The molecule has 1 aromatic heterocycles. The average molecular weight is 238 g/mol.